The highest BCUT2D eigenvalue weighted by Gasteiger charge is 2.41. The number of pyridine rings is 1. The first-order chi connectivity index (χ1) is 19.8. The molecule has 1 saturated heterocycles. The Morgan fingerprint density at radius 3 is 2.29 bits per heavy atom. The molecule has 1 aliphatic heterocycles. The SMILES string of the molecule is O=C(O)c1cnn(-c2cccc(-c3cc(F)ccc3-c3ccccc3C3CCN(CC(F)(F)F)CC3)n2)c1C(F)(F)F. The van der Waals surface area contributed by atoms with Gasteiger partial charge in [0.05, 0.1) is 18.4 Å². The Kier molecular flexibility index (Phi) is 7.80. The van der Waals surface area contributed by atoms with Gasteiger partial charge in [0.25, 0.3) is 0 Å². The number of benzene rings is 2. The molecule has 0 bridgehead atoms. The number of nitrogens with zero attached hydrogens (tertiary/aromatic N) is 4. The zero-order chi connectivity index (χ0) is 30.2. The predicted octanol–water partition coefficient (Wildman–Crippen LogP) is 7.20. The maximum Gasteiger partial charge on any atom is 0.434 e. The number of halogens is 7. The highest BCUT2D eigenvalue weighted by Crippen LogP contribution is 2.40. The van der Waals surface area contributed by atoms with Gasteiger partial charge in [-0.25, -0.2) is 18.9 Å². The number of aromatic carboxylic acids is 1. The molecule has 1 aliphatic rings. The van der Waals surface area contributed by atoms with E-state index in [0.29, 0.717) is 34.8 Å². The molecule has 0 atom stereocenters. The number of hydrogen-bond donors (Lipinski definition) is 1. The molecule has 5 rings (SSSR count). The van der Waals surface area contributed by atoms with Crippen LogP contribution >= 0.6 is 0 Å². The highest BCUT2D eigenvalue weighted by molar-refractivity contribution is 5.89. The summed E-state index contributed by atoms with van der Waals surface area (Å²) in [4.78, 5) is 17.1. The van der Waals surface area contributed by atoms with Crippen LogP contribution in [0.15, 0.2) is 66.9 Å². The minimum absolute atomic E-state index is 0.0734. The van der Waals surface area contributed by atoms with Crippen LogP contribution in [0, 0.1) is 5.82 Å². The van der Waals surface area contributed by atoms with Gasteiger partial charge in [0, 0.05) is 5.56 Å². The van der Waals surface area contributed by atoms with Crippen molar-refractivity contribution >= 4 is 5.97 Å². The van der Waals surface area contributed by atoms with Gasteiger partial charge in [0.1, 0.15) is 11.4 Å². The van der Waals surface area contributed by atoms with E-state index in [1.54, 1.807) is 18.2 Å². The lowest BCUT2D eigenvalue weighted by atomic mass is 9.83. The monoisotopic (exact) mass is 592 g/mol. The normalized spacial score (nSPS) is 15.2. The van der Waals surface area contributed by atoms with Crippen LogP contribution < -0.4 is 0 Å². The molecule has 0 saturated carbocycles. The fraction of sp³-hybridized carbons (Fsp3) is 0.276. The lowest BCUT2D eigenvalue weighted by molar-refractivity contribution is -0.148. The van der Waals surface area contributed by atoms with Crippen molar-refractivity contribution in [2.24, 2.45) is 0 Å². The summed E-state index contributed by atoms with van der Waals surface area (Å²) in [5.74, 6) is -2.83. The van der Waals surface area contributed by atoms with Gasteiger partial charge < -0.3 is 5.11 Å². The second-order valence-electron chi connectivity index (χ2n) is 9.95. The number of likely N-dealkylation sites (tertiary alicyclic amines) is 1. The van der Waals surface area contributed by atoms with Gasteiger partial charge in [-0.1, -0.05) is 36.4 Å². The molecule has 0 spiro atoms. The molecule has 3 heterocycles. The van der Waals surface area contributed by atoms with E-state index in [-0.39, 0.29) is 36.1 Å². The van der Waals surface area contributed by atoms with E-state index >= 15 is 0 Å². The Labute approximate surface area is 235 Å². The first kappa shape index (κ1) is 29.2. The molecule has 1 fully saturated rings. The topological polar surface area (TPSA) is 71.2 Å². The van der Waals surface area contributed by atoms with Crippen LogP contribution in [0.3, 0.4) is 0 Å². The summed E-state index contributed by atoms with van der Waals surface area (Å²) in [6.07, 6.45) is -7.81. The van der Waals surface area contributed by atoms with Crippen LogP contribution in [0.1, 0.15) is 40.4 Å². The highest BCUT2D eigenvalue weighted by atomic mass is 19.4. The third kappa shape index (κ3) is 6.15. The van der Waals surface area contributed by atoms with Crippen molar-refractivity contribution in [3.8, 4) is 28.2 Å². The largest absolute Gasteiger partial charge is 0.478 e. The van der Waals surface area contributed by atoms with Gasteiger partial charge in [-0.05, 0) is 72.8 Å². The number of carboxylic acids is 1. The number of alkyl halides is 6. The first-order valence-electron chi connectivity index (χ1n) is 12.9. The maximum absolute atomic E-state index is 14.6. The maximum atomic E-state index is 14.6. The second-order valence-corrected chi connectivity index (χ2v) is 9.95. The average Bonchev–Trinajstić information content (AvgIpc) is 3.40. The summed E-state index contributed by atoms with van der Waals surface area (Å²) >= 11 is 0. The van der Waals surface area contributed by atoms with Crippen LogP contribution in [0.5, 0.6) is 0 Å². The van der Waals surface area contributed by atoms with Crippen molar-refractivity contribution in [3.05, 3.63) is 89.5 Å². The molecule has 2 aromatic heterocycles. The molecule has 0 radical (unpaired) electrons. The third-order valence-electron chi connectivity index (χ3n) is 7.16. The summed E-state index contributed by atoms with van der Waals surface area (Å²) in [5, 5.41) is 12.9. The molecular weight excluding hydrogens is 569 g/mol. The van der Waals surface area contributed by atoms with E-state index in [9.17, 15) is 40.6 Å². The van der Waals surface area contributed by atoms with Crippen LogP contribution in [-0.2, 0) is 6.18 Å². The van der Waals surface area contributed by atoms with Crippen molar-refractivity contribution in [2.75, 3.05) is 19.6 Å². The van der Waals surface area contributed by atoms with E-state index in [1.165, 1.54) is 41.3 Å². The van der Waals surface area contributed by atoms with Gasteiger partial charge in [0.15, 0.2) is 11.5 Å². The molecule has 0 unspecified atom stereocenters. The van der Waals surface area contributed by atoms with Crippen molar-refractivity contribution in [2.45, 2.75) is 31.1 Å². The standard InChI is InChI=1S/C29H23F7N4O2/c30-18-8-9-21(20-5-2-1-4-19(20)17-10-12-39(13-11-17)16-28(31,32)33)22(14-18)24-6-3-7-25(38-24)40-26(29(34,35)36)23(15-37-40)27(41)42/h1-9,14-15,17H,10-13,16H2,(H,41,42). The van der Waals surface area contributed by atoms with Gasteiger partial charge in [-0.2, -0.15) is 31.4 Å². The zero-order valence-corrected chi connectivity index (χ0v) is 21.8. The number of piperidine rings is 1. The van der Waals surface area contributed by atoms with Crippen LogP contribution in [0.4, 0.5) is 30.7 Å². The Morgan fingerprint density at radius 1 is 0.905 bits per heavy atom. The zero-order valence-electron chi connectivity index (χ0n) is 21.8. The molecule has 2 aromatic carbocycles. The van der Waals surface area contributed by atoms with E-state index in [1.807, 2.05) is 6.07 Å². The third-order valence-corrected chi connectivity index (χ3v) is 7.16. The molecule has 4 aromatic rings. The molecule has 1 N–H and O–H groups in total. The van der Waals surface area contributed by atoms with E-state index in [4.69, 9.17) is 0 Å². The second kappa shape index (κ2) is 11.2. The number of carbonyl (C=O) groups is 1. The van der Waals surface area contributed by atoms with Crippen molar-refractivity contribution in [1.29, 1.82) is 0 Å². The van der Waals surface area contributed by atoms with E-state index in [0.717, 1.165) is 5.56 Å². The molecular formula is C29H23F7N4O2. The first-order valence-corrected chi connectivity index (χ1v) is 12.9. The fourth-order valence-corrected chi connectivity index (χ4v) is 5.36. The number of hydrogen-bond acceptors (Lipinski definition) is 4. The summed E-state index contributed by atoms with van der Waals surface area (Å²) in [7, 11) is 0. The minimum atomic E-state index is -5.06. The van der Waals surface area contributed by atoms with Crippen molar-refractivity contribution in [3.63, 3.8) is 0 Å². The van der Waals surface area contributed by atoms with Gasteiger partial charge >= 0.3 is 18.3 Å². The lowest BCUT2D eigenvalue weighted by Gasteiger charge is -2.33. The van der Waals surface area contributed by atoms with Crippen molar-refractivity contribution in [1.82, 2.24) is 19.7 Å². The predicted molar refractivity (Wildman–Crippen MR) is 139 cm³/mol. The molecule has 42 heavy (non-hydrogen) atoms. The van der Waals surface area contributed by atoms with Crippen LogP contribution in [-0.4, -0.2) is 56.6 Å². The summed E-state index contributed by atoms with van der Waals surface area (Å²) in [6, 6.07) is 15.3. The number of carboxylic acid groups (broad SMARTS) is 1. The molecule has 220 valence electrons. The molecule has 6 nitrogen and oxygen atoms in total. The van der Waals surface area contributed by atoms with Crippen molar-refractivity contribution < 1.29 is 40.6 Å². The molecule has 0 aliphatic carbocycles. The minimum Gasteiger partial charge on any atom is -0.478 e. The summed E-state index contributed by atoms with van der Waals surface area (Å²) in [6.45, 7) is -0.476. The summed E-state index contributed by atoms with van der Waals surface area (Å²) < 4.78 is 95.0. The Bertz CT molecular complexity index is 1610. The quantitative estimate of drug-likeness (QED) is 0.240. The van der Waals surface area contributed by atoms with E-state index < -0.39 is 41.9 Å². The molecule has 13 heteroatoms. The van der Waals surface area contributed by atoms with Crippen LogP contribution in [0.25, 0.3) is 28.2 Å². The van der Waals surface area contributed by atoms with Crippen LogP contribution in [0.2, 0.25) is 0 Å². The van der Waals surface area contributed by atoms with Gasteiger partial charge in [-0.3, -0.25) is 4.90 Å². The lowest BCUT2D eigenvalue weighted by Crippen LogP contribution is -2.39. The fourth-order valence-electron chi connectivity index (χ4n) is 5.36. The number of aromatic nitrogens is 3. The summed E-state index contributed by atoms with van der Waals surface area (Å²) in [5.41, 5.74) is -0.118. The molecule has 0 amide bonds. The average molecular weight is 593 g/mol. The Hall–Kier alpha value is -4.26. The van der Waals surface area contributed by atoms with Gasteiger partial charge in [0.2, 0.25) is 0 Å². The number of rotatable bonds is 6. The van der Waals surface area contributed by atoms with Gasteiger partial charge in [-0.15, -0.1) is 0 Å². The smallest absolute Gasteiger partial charge is 0.434 e. The Balaban J connectivity index is 1.55. The van der Waals surface area contributed by atoms with E-state index in [2.05, 4.69) is 10.1 Å². The Morgan fingerprint density at radius 2 is 1.62 bits per heavy atom.